The number of hydrogen-bond acceptors (Lipinski definition) is 6. The van der Waals surface area contributed by atoms with Crippen molar-refractivity contribution < 1.29 is 13.2 Å². The van der Waals surface area contributed by atoms with Crippen molar-refractivity contribution in [3.63, 3.8) is 0 Å². The molecule has 0 unspecified atom stereocenters. The number of sulfonamides is 1. The molecule has 3 aromatic rings. The van der Waals surface area contributed by atoms with Gasteiger partial charge in [-0.3, -0.25) is 4.79 Å². The number of nitrogens with zero attached hydrogens (tertiary/aromatic N) is 3. The lowest BCUT2D eigenvalue weighted by atomic mass is 10.1. The van der Waals surface area contributed by atoms with Crippen LogP contribution in [0.4, 0.5) is 5.69 Å². The second-order valence-corrected chi connectivity index (χ2v) is 9.44. The fourth-order valence-corrected chi connectivity index (χ4v) is 5.50. The molecule has 1 atom stereocenters. The Morgan fingerprint density at radius 3 is 2.52 bits per heavy atom. The van der Waals surface area contributed by atoms with Gasteiger partial charge in [-0.2, -0.15) is 4.31 Å². The molecule has 2 heterocycles. The minimum Gasteiger partial charge on any atom is -0.325 e. The Balaban J connectivity index is 1.50. The third-order valence-electron chi connectivity index (χ3n) is 4.94. The predicted molar refractivity (Wildman–Crippen MR) is 112 cm³/mol. The monoisotopic (exact) mass is 428 g/mol. The Hall–Kier alpha value is -2.62. The van der Waals surface area contributed by atoms with Crippen molar-refractivity contribution in [1.29, 1.82) is 0 Å². The van der Waals surface area contributed by atoms with Gasteiger partial charge in [0.05, 0.1) is 4.90 Å². The molecule has 1 fully saturated rings. The van der Waals surface area contributed by atoms with Crippen LogP contribution >= 0.6 is 11.5 Å². The van der Waals surface area contributed by atoms with Crippen LogP contribution < -0.4 is 5.32 Å². The summed E-state index contributed by atoms with van der Waals surface area (Å²) in [5, 5.41) is 8.71. The van der Waals surface area contributed by atoms with E-state index in [9.17, 15) is 13.2 Å². The average Bonchev–Trinajstić information content (AvgIpc) is 3.41. The van der Waals surface area contributed by atoms with Gasteiger partial charge < -0.3 is 5.32 Å². The normalized spacial score (nSPS) is 17.3. The third-order valence-corrected chi connectivity index (χ3v) is 7.37. The number of amides is 1. The number of aromatic nitrogens is 2. The summed E-state index contributed by atoms with van der Waals surface area (Å²) in [6.07, 6.45) is 1.15. The highest BCUT2D eigenvalue weighted by atomic mass is 32.2. The maximum Gasteiger partial charge on any atom is 0.243 e. The summed E-state index contributed by atoms with van der Waals surface area (Å²) in [5.74, 6) is -0.318. The van der Waals surface area contributed by atoms with Crippen molar-refractivity contribution in [3.8, 4) is 11.3 Å². The third kappa shape index (κ3) is 4.07. The topological polar surface area (TPSA) is 92.3 Å². The highest BCUT2D eigenvalue weighted by Gasteiger charge is 2.39. The predicted octanol–water partition coefficient (Wildman–Crippen LogP) is 3.31. The lowest BCUT2D eigenvalue weighted by Crippen LogP contribution is -2.43. The number of carbonyl (C=O) groups is 1. The van der Waals surface area contributed by atoms with Crippen LogP contribution in [-0.4, -0.2) is 40.8 Å². The van der Waals surface area contributed by atoms with Gasteiger partial charge in [0.1, 0.15) is 11.7 Å². The van der Waals surface area contributed by atoms with Gasteiger partial charge in [0, 0.05) is 23.2 Å². The molecule has 29 heavy (non-hydrogen) atoms. The minimum atomic E-state index is -3.72. The van der Waals surface area contributed by atoms with Crippen molar-refractivity contribution in [2.45, 2.75) is 30.7 Å². The summed E-state index contributed by atoms with van der Waals surface area (Å²) >= 11 is 1.27. The van der Waals surface area contributed by atoms with Crippen LogP contribution in [0.5, 0.6) is 0 Å². The first-order chi connectivity index (χ1) is 13.9. The van der Waals surface area contributed by atoms with Gasteiger partial charge >= 0.3 is 0 Å². The lowest BCUT2D eigenvalue weighted by molar-refractivity contribution is -0.119. The summed E-state index contributed by atoms with van der Waals surface area (Å²) in [4.78, 5) is 13.0. The van der Waals surface area contributed by atoms with E-state index in [1.54, 1.807) is 36.4 Å². The fraction of sp³-hybridized carbons (Fsp3) is 0.250. The smallest absolute Gasteiger partial charge is 0.243 e. The molecule has 1 aromatic heterocycles. The minimum absolute atomic E-state index is 0.212. The highest BCUT2D eigenvalue weighted by molar-refractivity contribution is 7.89. The van der Waals surface area contributed by atoms with E-state index in [-0.39, 0.29) is 10.8 Å². The first kappa shape index (κ1) is 19.7. The van der Waals surface area contributed by atoms with E-state index in [1.807, 2.05) is 24.4 Å². The molecule has 7 nitrogen and oxygen atoms in total. The molecular formula is C20H20N4O3S2. The first-order valence-corrected chi connectivity index (χ1v) is 11.5. The van der Waals surface area contributed by atoms with Crippen LogP contribution in [0.3, 0.4) is 0 Å². The Bertz CT molecular complexity index is 1100. The van der Waals surface area contributed by atoms with E-state index in [0.29, 0.717) is 25.1 Å². The molecule has 0 saturated carbocycles. The Morgan fingerprint density at radius 2 is 1.86 bits per heavy atom. The molecule has 1 aliphatic rings. The lowest BCUT2D eigenvalue weighted by Gasteiger charge is -2.23. The number of benzene rings is 2. The summed E-state index contributed by atoms with van der Waals surface area (Å²) in [6.45, 7) is 2.24. The number of anilines is 1. The van der Waals surface area contributed by atoms with Crippen molar-refractivity contribution in [1.82, 2.24) is 13.9 Å². The van der Waals surface area contributed by atoms with Gasteiger partial charge in [-0.15, -0.1) is 5.10 Å². The van der Waals surface area contributed by atoms with Crippen molar-refractivity contribution in [3.05, 3.63) is 59.5 Å². The van der Waals surface area contributed by atoms with Gasteiger partial charge in [0.2, 0.25) is 15.9 Å². The van der Waals surface area contributed by atoms with E-state index >= 15 is 0 Å². The van der Waals surface area contributed by atoms with E-state index in [2.05, 4.69) is 14.9 Å². The van der Waals surface area contributed by atoms with Crippen molar-refractivity contribution in [2.75, 3.05) is 11.9 Å². The zero-order chi connectivity index (χ0) is 20.4. The van der Waals surface area contributed by atoms with Gasteiger partial charge in [0.25, 0.3) is 0 Å². The van der Waals surface area contributed by atoms with Gasteiger partial charge in [-0.1, -0.05) is 34.3 Å². The zero-order valence-electron chi connectivity index (χ0n) is 15.8. The van der Waals surface area contributed by atoms with E-state index in [0.717, 1.165) is 16.8 Å². The Kier molecular flexibility index (Phi) is 5.44. The first-order valence-electron chi connectivity index (χ1n) is 9.22. The molecular weight excluding hydrogens is 408 g/mol. The average molecular weight is 429 g/mol. The number of hydrogen-bond donors (Lipinski definition) is 1. The molecule has 1 saturated heterocycles. The fourth-order valence-electron chi connectivity index (χ4n) is 3.38. The molecule has 0 bridgehead atoms. The number of rotatable bonds is 5. The second-order valence-electron chi connectivity index (χ2n) is 6.94. The number of aryl methyl sites for hydroxylation is 1. The summed E-state index contributed by atoms with van der Waals surface area (Å²) in [6, 6.07) is 13.2. The summed E-state index contributed by atoms with van der Waals surface area (Å²) in [7, 11) is -3.72. The van der Waals surface area contributed by atoms with Crippen molar-refractivity contribution in [2.24, 2.45) is 0 Å². The molecule has 0 radical (unpaired) electrons. The summed E-state index contributed by atoms with van der Waals surface area (Å²) in [5.41, 5.74) is 3.28. The maximum absolute atomic E-state index is 13.0. The quantitative estimate of drug-likeness (QED) is 0.673. The second kappa shape index (κ2) is 8.02. The van der Waals surface area contributed by atoms with Gasteiger partial charge in [-0.05, 0) is 55.6 Å². The molecule has 9 heteroatoms. The molecule has 1 aliphatic heterocycles. The van der Waals surface area contributed by atoms with E-state index in [1.165, 1.54) is 15.8 Å². The van der Waals surface area contributed by atoms with Crippen LogP contribution in [0.25, 0.3) is 11.3 Å². The molecule has 0 aliphatic carbocycles. The van der Waals surface area contributed by atoms with E-state index < -0.39 is 16.1 Å². The molecule has 0 spiro atoms. The maximum atomic E-state index is 13.0. The van der Waals surface area contributed by atoms with Crippen LogP contribution in [0, 0.1) is 6.92 Å². The molecule has 4 rings (SSSR count). The molecule has 150 valence electrons. The largest absolute Gasteiger partial charge is 0.325 e. The molecule has 1 N–H and O–H groups in total. The van der Waals surface area contributed by atoms with Crippen LogP contribution in [0.1, 0.15) is 18.4 Å². The van der Waals surface area contributed by atoms with Crippen LogP contribution in [-0.2, 0) is 14.8 Å². The van der Waals surface area contributed by atoms with Gasteiger partial charge in [0.15, 0.2) is 0 Å². The highest BCUT2D eigenvalue weighted by Crippen LogP contribution is 2.27. The summed E-state index contributed by atoms with van der Waals surface area (Å²) < 4.78 is 31.2. The van der Waals surface area contributed by atoms with Gasteiger partial charge in [-0.25, -0.2) is 8.42 Å². The van der Waals surface area contributed by atoms with Crippen molar-refractivity contribution >= 4 is 33.2 Å². The van der Waals surface area contributed by atoms with Crippen LogP contribution in [0.15, 0.2) is 58.8 Å². The Morgan fingerprint density at radius 1 is 1.14 bits per heavy atom. The SMILES string of the molecule is Cc1ccc(S(=O)(=O)N2CCC[C@H]2C(=O)Nc2ccc(-c3csnn3)cc2)cc1. The van der Waals surface area contributed by atoms with Crippen LogP contribution in [0.2, 0.25) is 0 Å². The Labute approximate surface area is 173 Å². The standard InChI is InChI=1S/C20H20N4O3S2/c1-14-4-10-17(11-5-14)29(26,27)24-12-2-3-19(24)20(25)21-16-8-6-15(7-9-16)18-13-28-23-22-18/h4-11,13,19H,2-3,12H2,1H3,(H,21,25)/t19-/m0/s1. The molecule has 2 aromatic carbocycles. The van der Waals surface area contributed by atoms with E-state index in [4.69, 9.17) is 0 Å². The molecule has 1 amide bonds. The number of nitrogens with one attached hydrogen (secondary N) is 1. The zero-order valence-corrected chi connectivity index (χ0v) is 17.4. The number of carbonyl (C=O) groups excluding carboxylic acids is 1.